The fraction of sp³-hybridized carbons (Fsp3) is 1.00. The van der Waals surface area contributed by atoms with Gasteiger partial charge in [-0.25, -0.2) is 0 Å². The second-order valence-electron chi connectivity index (χ2n) is 5.42. The van der Waals surface area contributed by atoms with Gasteiger partial charge in [0.2, 0.25) is 0 Å². The van der Waals surface area contributed by atoms with Crippen LogP contribution in [0, 0.1) is 5.92 Å². The molecule has 0 aliphatic carbocycles. The molecule has 4 nitrogen and oxygen atoms in total. The molecule has 94 valence electrons. The van der Waals surface area contributed by atoms with Gasteiger partial charge >= 0.3 is 0 Å². The normalized spacial score (nSPS) is 32.4. The van der Waals surface area contributed by atoms with Gasteiger partial charge in [0, 0.05) is 32.9 Å². The van der Waals surface area contributed by atoms with Crippen LogP contribution in [0.4, 0.5) is 0 Å². The van der Waals surface area contributed by atoms with Crippen LogP contribution >= 0.6 is 0 Å². The van der Waals surface area contributed by atoms with Gasteiger partial charge < -0.3 is 20.1 Å². The first-order valence-electron chi connectivity index (χ1n) is 6.31. The number of rotatable bonds is 4. The second-order valence-corrected chi connectivity index (χ2v) is 5.42. The molecule has 2 rings (SSSR count). The first-order chi connectivity index (χ1) is 7.68. The minimum atomic E-state index is -0.111. The van der Waals surface area contributed by atoms with Crippen LogP contribution in [-0.4, -0.2) is 57.0 Å². The summed E-state index contributed by atoms with van der Waals surface area (Å²) in [4.78, 5) is 2.37. The zero-order valence-corrected chi connectivity index (χ0v) is 10.3. The number of nitrogens with zero attached hydrogens (tertiary/aromatic N) is 1. The Hall–Kier alpha value is -0.160. The van der Waals surface area contributed by atoms with Crippen molar-refractivity contribution in [3.05, 3.63) is 0 Å². The summed E-state index contributed by atoms with van der Waals surface area (Å²) >= 11 is 0. The summed E-state index contributed by atoms with van der Waals surface area (Å²) in [5.41, 5.74) is 6.16. The lowest BCUT2D eigenvalue weighted by atomic mass is 9.96. The molecular weight excluding hydrogens is 204 g/mol. The van der Waals surface area contributed by atoms with E-state index >= 15 is 0 Å². The van der Waals surface area contributed by atoms with E-state index in [-0.39, 0.29) is 5.54 Å². The first kappa shape index (κ1) is 12.3. The molecule has 0 saturated carbocycles. The van der Waals surface area contributed by atoms with Crippen molar-refractivity contribution < 1.29 is 9.47 Å². The van der Waals surface area contributed by atoms with Crippen LogP contribution < -0.4 is 5.73 Å². The van der Waals surface area contributed by atoms with E-state index in [1.54, 1.807) is 0 Å². The molecule has 0 radical (unpaired) electrons. The lowest BCUT2D eigenvalue weighted by Crippen LogP contribution is -2.50. The van der Waals surface area contributed by atoms with Crippen molar-refractivity contribution >= 4 is 0 Å². The van der Waals surface area contributed by atoms with Crippen LogP contribution in [0.25, 0.3) is 0 Å². The van der Waals surface area contributed by atoms with Crippen LogP contribution in [0.1, 0.15) is 19.3 Å². The van der Waals surface area contributed by atoms with Crippen LogP contribution in [0.15, 0.2) is 0 Å². The summed E-state index contributed by atoms with van der Waals surface area (Å²) in [6.45, 7) is 5.48. The molecule has 0 amide bonds. The molecule has 2 N–H and O–H groups in total. The molecule has 2 aliphatic rings. The molecule has 4 heteroatoms. The van der Waals surface area contributed by atoms with Crippen molar-refractivity contribution in [1.29, 1.82) is 0 Å². The highest BCUT2D eigenvalue weighted by Gasteiger charge is 2.32. The van der Waals surface area contributed by atoms with Gasteiger partial charge in [0.05, 0.1) is 12.1 Å². The molecular formula is C12H24N2O2. The Morgan fingerprint density at radius 3 is 2.62 bits per heavy atom. The predicted molar refractivity (Wildman–Crippen MR) is 63.4 cm³/mol. The Morgan fingerprint density at radius 1 is 1.25 bits per heavy atom. The lowest BCUT2D eigenvalue weighted by Gasteiger charge is -2.32. The van der Waals surface area contributed by atoms with E-state index in [0.29, 0.717) is 6.61 Å². The lowest BCUT2D eigenvalue weighted by molar-refractivity contribution is 0.0526. The van der Waals surface area contributed by atoms with Gasteiger partial charge in [0.25, 0.3) is 0 Å². The Bertz CT molecular complexity index is 211. The van der Waals surface area contributed by atoms with Gasteiger partial charge in [-0.05, 0) is 32.2 Å². The van der Waals surface area contributed by atoms with E-state index in [9.17, 15) is 0 Å². The Labute approximate surface area is 98.1 Å². The first-order valence-corrected chi connectivity index (χ1v) is 6.31. The molecule has 1 unspecified atom stereocenters. The average Bonchev–Trinajstić information content (AvgIpc) is 2.66. The molecule has 0 aromatic carbocycles. The second kappa shape index (κ2) is 5.45. The highest BCUT2D eigenvalue weighted by molar-refractivity contribution is 4.90. The van der Waals surface area contributed by atoms with Crippen molar-refractivity contribution in [2.45, 2.75) is 24.8 Å². The van der Waals surface area contributed by atoms with E-state index in [4.69, 9.17) is 15.2 Å². The van der Waals surface area contributed by atoms with Crippen LogP contribution in [0.5, 0.6) is 0 Å². The molecule has 0 bridgehead atoms. The molecule has 0 aromatic rings. The largest absolute Gasteiger partial charge is 0.381 e. The Balaban J connectivity index is 1.72. The molecule has 0 spiro atoms. The number of ether oxygens (including phenoxy) is 2. The molecule has 2 fully saturated rings. The van der Waals surface area contributed by atoms with Gasteiger partial charge in [-0.1, -0.05) is 0 Å². The van der Waals surface area contributed by atoms with Gasteiger partial charge in [-0.2, -0.15) is 0 Å². The highest BCUT2D eigenvalue weighted by atomic mass is 16.5. The number of hydrogen-bond acceptors (Lipinski definition) is 4. The fourth-order valence-corrected chi connectivity index (χ4v) is 2.72. The van der Waals surface area contributed by atoms with Crippen LogP contribution in [0.3, 0.4) is 0 Å². The van der Waals surface area contributed by atoms with Crippen molar-refractivity contribution in [1.82, 2.24) is 4.90 Å². The molecule has 16 heavy (non-hydrogen) atoms. The molecule has 2 aliphatic heterocycles. The quantitative estimate of drug-likeness (QED) is 0.759. The maximum atomic E-state index is 6.27. The van der Waals surface area contributed by atoms with Gasteiger partial charge in [-0.3, -0.25) is 0 Å². The average molecular weight is 228 g/mol. The summed E-state index contributed by atoms with van der Waals surface area (Å²) in [6.07, 6.45) is 3.38. The summed E-state index contributed by atoms with van der Waals surface area (Å²) in [5, 5.41) is 0. The van der Waals surface area contributed by atoms with E-state index in [1.807, 2.05) is 0 Å². The van der Waals surface area contributed by atoms with Gasteiger partial charge in [0.15, 0.2) is 0 Å². The van der Waals surface area contributed by atoms with Crippen LogP contribution in [-0.2, 0) is 9.47 Å². The zero-order valence-electron chi connectivity index (χ0n) is 10.3. The van der Waals surface area contributed by atoms with Crippen molar-refractivity contribution in [3.63, 3.8) is 0 Å². The monoisotopic (exact) mass is 228 g/mol. The topological polar surface area (TPSA) is 47.7 Å². The third kappa shape index (κ3) is 3.42. The predicted octanol–water partition coefficient (Wildman–Crippen LogP) is 0.463. The zero-order chi connectivity index (χ0) is 11.4. The molecule has 2 saturated heterocycles. The summed E-state index contributed by atoms with van der Waals surface area (Å²) in [7, 11) is 2.17. The van der Waals surface area contributed by atoms with Crippen LogP contribution in [0.2, 0.25) is 0 Å². The standard InChI is InChI=1S/C12H24N2O2/c1-14(8-11-2-5-15-6-3-11)9-12(13)4-7-16-10-12/h11H,2-10,13H2,1H3. The van der Waals surface area contributed by atoms with Gasteiger partial charge in [-0.15, -0.1) is 0 Å². The third-order valence-corrected chi connectivity index (χ3v) is 3.63. The van der Waals surface area contributed by atoms with E-state index < -0.39 is 0 Å². The fourth-order valence-electron chi connectivity index (χ4n) is 2.72. The number of likely N-dealkylation sites (N-methyl/N-ethyl adjacent to an activating group) is 1. The van der Waals surface area contributed by atoms with Crippen molar-refractivity contribution in [3.8, 4) is 0 Å². The molecule has 0 aromatic heterocycles. The smallest absolute Gasteiger partial charge is 0.0659 e. The molecule has 1 atom stereocenters. The Morgan fingerprint density at radius 2 is 2.00 bits per heavy atom. The van der Waals surface area contributed by atoms with E-state index in [2.05, 4.69) is 11.9 Å². The summed E-state index contributed by atoms with van der Waals surface area (Å²) in [6, 6.07) is 0. The van der Waals surface area contributed by atoms with E-state index in [0.717, 1.165) is 45.2 Å². The van der Waals surface area contributed by atoms with Crippen molar-refractivity contribution in [2.75, 3.05) is 46.6 Å². The SMILES string of the molecule is CN(CC1CCOCC1)CC1(N)CCOC1. The third-order valence-electron chi connectivity index (χ3n) is 3.63. The summed E-state index contributed by atoms with van der Waals surface area (Å²) < 4.78 is 10.8. The highest BCUT2D eigenvalue weighted by Crippen LogP contribution is 2.19. The maximum Gasteiger partial charge on any atom is 0.0659 e. The number of hydrogen-bond donors (Lipinski definition) is 1. The Kier molecular flexibility index (Phi) is 4.19. The summed E-state index contributed by atoms with van der Waals surface area (Å²) in [5.74, 6) is 0.782. The molecule has 2 heterocycles. The van der Waals surface area contributed by atoms with Crippen molar-refractivity contribution in [2.24, 2.45) is 11.7 Å². The maximum absolute atomic E-state index is 6.27. The minimum absolute atomic E-state index is 0.111. The van der Waals surface area contributed by atoms with E-state index in [1.165, 1.54) is 12.8 Å². The number of nitrogens with two attached hydrogens (primary N) is 1. The minimum Gasteiger partial charge on any atom is -0.381 e. The van der Waals surface area contributed by atoms with Gasteiger partial charge in [0.1, 0.15) is 0 Å².